The highest BCUT2D eigenvalue weighted by Crippen LogP contribution is 2.18. The van der Waals surface area contributed by atoms with Gasteiger partial charge in [-0.1, -0.05) is 0 Å². The summed E-state index contributed by atoms with van der Waals surface area (Å²) in [6.07, 6.45) is 1.05. The van der Waals surface area contributed by atoms with Gasteiger partial charge in [-0.3, -0.25) is 14.5 Å². The first-order valence-electron chi connectivity index (χ1n) is 9.85. The molecule has 1 aromatic heterocycles. The minimum atomic E-state index is -0.122. The van der Waals surface area contributed by atoms with E-state index < -0.39 is 0 Å². The zero-order valence-electron chi connectivity index (χ0n) is 17.0. The van der Waals surface area contributed by atoms with Gasteiger partial charge in [0, 0.05) is 48.8 Å². The Balaban J connectivity index is 1.61. The number of aromatic nitrogens is 1. The molecule has 28 heavy (non-hydrogen) atoms. The lowest BCUT2D eigenvalue weighted by Gasteiger charge is -2.26. The van der Waals surface area contributed by atoms with Crippen LogP contribution in [0, 0.1) is 13.8 Å². The Hall–Kier alpha value is -2.44. The minimum Gasteiger partial charge on any atom is -0.379 e. The lowest BCUT2D eigenvalue weighted by Crippen LogP contribution is -2.37. The van der Waals surface area contributed by atoms with Crippen LogP contribution in [0.5, 0.6) is 0 Å². The maximum absolute atomic E-state index is 12.7. The fraction of sp³-hybridized carbons (Fsp3) is 0.455. The Labute approximate surface area is 166 Å². The molecule has 0 saturated carbocycles. The van der Waals surface area contributed by atoms with E-state index in [4.69, 9.17) is 4.74 Å². The zero-order chi connectivity index (χ0) is 20.1. The molecule has 0 spiro atoms. The fourth-order valence-corrected chi connectivity index (χ4v) is 3.64. The van der Waals surface area contributed by atoms with E-state index in [0.29, 0.717) is 16.8 Å². The van der Waals surface area contributed by atoms with Gasteiger partial charge in [-0.15, -0.1) is 0 Å². The van der Waals surface area contributed by atoms with Gasteiger partial charge in [-0.2, -0.15) is 0 Å². The van der Waals surface area contributed by atoms with Gasteiger partial charge in [0.25, 0.3) is 5.91 Å². The summed E-state index contributed by atoms with van der Waals surface area (Å²) in [5.74, 6) is -0.110. The minimum absolute atomic E-state index is 0.0125. The lowest BCUT2D eigenvalue weighted by atomic mass is 10.1. The smallest absolute Gasteiger partial charge is 0.257 e. The van der Waals surface area contributed by atoms with E-state index in [0.717, 1.165) is 57.2 Å². The van der Waals surface area contributed by atoms with Crippen molar-refractivity contribution in [3.05, 3.63) is 52.8 Å². The van der Waals surface area contributed by atoms with Gasteiger partial charge in [-0.05, 0) is 57.5 Å². The van der Waals surface area contributed by atoms with E-state index >= 15 is 0 Å². The lowest BCUT2D eigenvalue weighted by molar-refractivity contribution is 0.0369. The van der Waals surface area contributed by atoms with Crippen molar-refractivity contribution in [3.63, 3.8) is 0 Å². The van der Waals surface area contributed by atoms with E-state index in [1.165, 1.54) is 6.92 Å². The Morgan fingerprint density at radius 3 is 2.39 bits per heavy atom. The summed E-state index contributed by atoms with van der Waals surface area (Å²) in [5, 5.41) is 2.93. The molecular formula is C22H29N3O3. The van der Waals surface area contributed by atoms with Crippen molar-refractivity contribution in [3.8, 4) is 0 Å². The molecule has 150 valence electrons. The average molecular weight is 383 g/mol. The van der Waals surface area contributed by atoms with Crippen molar-refractivity contribution in [2.45, 2.75) is 33.7 Å². The second-order valence-electron chi connectivity index (χ2n) is 7.33. The highest BCUT2D eigenvalue weighted by Gasteiger charge is 2.16. The average Bonchev–Trinajstić information content (AvgIpc) is 2.97. The molecule has 6 nitrogen and oxygen atoms in total. The van der Waals surface area contributed by atoms with Crippen molar-refractivity contribution in [1.82, 2.24) is 9.47 Å². The van der Waals surface area contributed by atoms with Gasteiger partial charge in [-0.25, -0.2) is 0 Å². The van der Waals surface area contributed by atoms with Crippen LogP contribution in [0.1, 0.15) is 45.4 Å². The van der Waals surface area contributed by atoms with Crippen LogP contribution in [0.2, 0.25) is 0 Å². The normalized spacial score (nSPS) is 14.8. The largest absolute Gasteiger partial charge is 0.379 e. The Morgan fingerprint density at radius 2 is 1.75 bits per heavy atom. The number of hydrogen-bond acceptors (Lipinski definition) is 4. The molecule has 1 amide bonds. The first kappa shape index (κ1) is 20.3. The Kier molecular flexibility index (Phi) is 6.65. The number of nitrogens with zero attached hydrogens (tertiary/aromatic N) is 2. The molecule has 1 saturated heterocycles. The number of hydrogen-bond donors (Lipinski definition) is 1. The third-order valence-corrected chi connectivity index (χ3v) is 5.33. The molecule has 3 rings (SSSR count). The molecule has 1 aliphatic heterocycles. The maximum atomic E-state index is 12.7. The molecule has 1 aromatic carbocycles. The number of anilines is 1. The van der Waals surface area contributed by atoms with Gasteiger partial charge < -0.3 is 14.6 Å². The number of ether oxygens (including phenoxy) is 1. The summed E-state index contributed by atoms with van der Waals surface area (Å²) < 4.78 is 7.61. The first-order chi connectivity index (χ1) is 13.5. The van der Waals surface area contributed by atoms with E-state index in [-0.39, 0.29) is 11.7 Å². The summed E-state index contributed by atoms with van der Waals surface area (Å²) in [6.45, 7) is 11.1. The van der Waals surface area contributed by atoms with E-state index in [1.54, 1.807) is 24.3 Å². The number of nitrogens with one attached hydrogen (secondary N) is 1. The molecule has 0 bridgehead atoms. The van der Waals surface area contributed by atoms with Crippen LogP contribution in [-0.4, -0.2) is 54.0 Å². The summed E-state index contributed by atoms with van der Waals surface area (Å²) in [5.41, 5.74) is 4.09. The number of carbonyl (C=O) groups excluding carboxylic acids is 2. The standard InChI is InChI=1S/C22H29N3O3/c1-16-15-21(22(27)23-20-7-5-19(6-8-20)18(3)26)17(2)25(16)10-4-9-24-11-13-28-14-12-24/h5-8,15H,4,9-14H2,1-3H3,(H,23,27). The molecule has 6 heteroatoms. The molecule has 1 fully saturated rings. The van der Waals surface area contributed by atoms with Crippen LogP contribution in [0.3, 0.4) is 0 Å². The van der Waals surface area contributed by atoms with Crippen LogP contribution in [0.25, 0.3) is 0 Å². The zero-order valence-corrected chi connectivity index (χ0v) is 17.0. The number of carbonyl (C=O) groups is 2. The number of amides is 1. The molecule has 0 aliphatic carbocycles. The first-order valence-corrected chi connectivity index (χ1v) is 9.85. The van der Waals surface area contributed by atoms with Gasteiger partial charge in [0.2, 0.25) is 0 Å². The van der Waals surface area contributed by atoms with Crippen molar-refractivity contribution < 1.29 is 14.3 Å². The Morgan fingerprint density at radius 1 is 1.07 bits per heavy atom. The van der Waals surface area contributed by atoms with E-state index in [1.807, 2.05) is 19.9 Å². The quantitative estimate of drug-likeness (QED) is 0.746. The second-order valence-corrected chi connectivity index (χ2v) is 7.33. The third kappa shape index (κ3) is 4.88. The van der Waals surface area contributed by atoms with Gasteiger partial charge in [0.1, 0.15) is 0 Å². The molecule has 0 radical (unpaired) electrons. The maximum Gasteiger partial charge on any atom is 0.257 e. The van der Waals surface area contributed by atoms with Gasteiger partial charge in [0.05, 0.1) is 18.8 Å². The number of morpholine rings is 1. The second kappa shape index (κ2) is 9.17. The van der Waals surface area contributed by atoms with Crippen molar-refractivity contribution in [2.24, 2.45) is 0 Å². The summed E-state index contributed by atoms with van der Waals surface area (Å²) in [4.78, 5) is 26.5. The predicted molar refractivity (Wildman–Crippen MR) is 110 cm³/mol. The molecular weight excluding hydrogens is 354 g/mol. The van der Waals surface area contributed by atoms with Crippen LogP contribution in [0.4, 0.5) is 5.69 Å². The fourth-order valence-electron chi connectivity index (χ4n) is 3.64. The van der Waals surface area contributed by atoms with Crippen molar-refractivity contribution in [1.29, 1.82) is 0 Å². The molecule has 0 atom stereocenters. The molecule has 1 N–H and O–H groups in total. The predicted octanol–water partition coefficient (Wildman–Crippen LogP) is 3.28. The van der Waals surface area contributed by atoms with Crippen LogP contribution >= 0.6 is 0 Å². The van der Waals surface area contributed by atoms with E-state index in [2.05, 4.69) is 14.8 Å². The summed E-state index contributed by atoms with van der Waals surface area (Å²) in [6, 6.07) is 8.93. The Bertz CT molecular complexity index is 833. The number of ketones is 1. The molecule has 0 unspecified atom stereocenters. The van der Waals surface area contributed by atoms with E-state index in [9.17, 15) is 9.59 Å². The topological polar surface area (TPSA) is 63.6 Å². The third-order valence-electron chi connectivity index (χ3n) is 5.33. The highest BCUT2D eigenvalue weighted by molar-refractivity contribution is 6.05. The number of Topliss-reactive ketones (excluding diaryl/α,β-unsaturated/α-hetero) is 1. The van der Waals surface area contributed by atoms with Crippen molar-refractivity contribution in [2.75, 3.05) is 38.2 Å². The van der Waals surface area contributed by atoms with Gasteiger partial charge in [0.15, 0.2) is 5.78 Å². The summed E-state index contributed by atoms with van der Waals surface area (Å²) >= 11 is 0. The molecule has 2 heterocycles. The number of benzene rings is 1. The van der Waals surface area contributed by atoms with Crippen LogP contribution in [0.15, 0.2) is 30.3 Å². The summed E-state index contributed by atoms with van der Waals surface area (Å²) in [7, 11) is 0. The number of aryl methyl sites for hydroxylation is 1. The SMILES string of the molecule is CC(=O)c1ccc(NC(=O)c2cc(C)n(CCCN3CCOCC3)c2C)cc1. The highest BCUT2D eigenvalue weighted by atomic mass is 16.5. The van der Waals surface area contributed by atoms with Crippen molar-refractivity contribution >= 4 is 17.4 Å². The van der Waals surface area contributed by atoms with Gasteiger partial charge >= 0.3 is 0 Å². The van der Waals surface area contributed by atoms with Crippen LogP contribution in [-0.2, 0) is 11.3 Å². The molecule has 1 aliphatic rings. The monoisotopic (exact) mass is 383 g/mol. The molecule has 2 aromatic rings. The number of rotatable bonds is 7. The van der Waals surface area contributed by atoms with Crippen LogP contribution < -0.4 is 5.32 Å².